The predicted molar refractivity (Wildman–Crippen MR) is 57.5 cm³/mol. The number of hydrogen-bond donors (Lipinski definition) is 1. The minimum atomic E-state index is -0.358. The molecule has 1 saturated carbocycles. The molecule has 80 valence electrons. The van der Waals surface area contributed by atoms with E-state index in [-0.39, 0.29) is 16.1 Å². The van der Waals surface area contributed by atoms with E-state index in [0.29, 0.717) is 5.56 Å². The Bertz CT molecular complexity index is 411. The number of nitro benzene ring substituents is 1. The molecule has 0 saturated heterocycles. The third kappa shape index (κ3) is 1.61. The molecule has 1 aliphatic carbocycles. The van der Waals surface area contributed by atoms with Crippen LogP contribution in [0.25, 0.3) is 0 Å². The molecule has 2 rings (SSSR count). The van der Waals surface area contributed by atoms with E-state index < -0.39 is 0 Å². The van der Waals surface area contributed by atoms with Crippen molar-refractivity contribution in [3.63, 3.8) is 0 Å². The number of nitrogens with zero attached hydrogens (tertiary/aromatic N) is 1. The van der Waals surface area contributed by atoms with Crippen molar-refractivity contribution < 1.29 is 4.92 Å². The smallest absolute Gasteiger partial charge is 0.272 e. The molecule has 1 aromatic carbocycles. The lowest BCUT2D eigenvalue weighted by Gasteiger charge is -2.38. The van der Waals surface area contributed by atoms with E-state index in [0.717, 1.165) is 24.8 Å². The minimum Gasteiger partial charge on any atom is -0.321 e. The average Bonchev–Trinajstić information content (AvgIpc) is 2.13. The Morgan fingerprint density at radius 2 is 2.13 bits per heavy atom. The van der Waals surface area contributed by atoms with Crippen LogP contribution in [0.1, 0.15) is 30.4 Å². The molecule has 0 radical (unpaired) electrons. The summed E-state index contributed by atoms with van der Waals surface area (Å²) in [5.41, 5.74) is 7.80. The van der Waals surface area contributed by atoms with Crippen molar-refractivity contribution in [3.05, 3.63) is 39.4 Å². The van der Waals surface area contributed by atoms with Crippen LogP contribution in [-0.2, 0) is 5.54 Å². The summed E-state index contributed by atoms with van der Waals surface area (Å²) in [6, 6.07) is 5.18. The summed E-state index contributed by atoms with van der Waals surface area (Å²) in [6.07, 6.45) is 3.10. The third-order valence-electron chi connectivity index (χ3n) is 3.21. The van der Waals surface area contributed by atoms with Crippen molar-refractivity contribution in [1.29, 1.82) is 0 Å². The van der Waals surface area contributed by atoms with Crippen LogP contribution in [0.5, 0.6) is 0 Å². The second-order valence-electron chi connectivity index (χ2n) is 4.27. The molecule has 1 aromatic rings. The monoisotopic (exact) mass is 206 g/mol. The van der Waals surface area contributed by atoms with E-state index in [1.807, 2.05) is 6.07 Å². The van der Waals surface area contributed by atoms with Gasteiger partial charge < -0.3 is 5.73 Å². The first-order chi connectivity index (χ1) is 7.03. The zero-order valence-corrected chi connectivity index (χ0v) is 8.69. The molecule has 0 unspecified atom stereocenters. The standard InChI is InChI=1S/C11H14N2O2/c1-8-7-9(11(12)5-2-6-11)3-4-10(8)13(14)15/h3-4,7H,2,5-6,12H2,1H3. The summed E-state index contributed by atoms with van der Waals surface area (Å²) in [5, 5.41) is 10.6. The quantitative estimate of drug-likeness (QED) is 0.596. The van der Waals surface area contributed by atoms with Crippen LogP contribution in [0, 0.1) is 17.0 Å². The van der Waals surface area contributed by atoms with Gasteiger partial charge in [0.05, 0.1) is 4.92 Å². The van der Waals surface area contributed by atoms with Crippen molar-refractivity contribution >= 4 is 5.69 Å². The van der Waals surface area contributed by atoms with Crippen LogP contribution in [0.2, 0.25) is 0 Å². The number of hydrogen-bond acceptors (Lipinski definition) is 3. The number of nitrogens with two attached hydrogens (primary N) is 1. The van der Waals surface area contributed by atoms with Crippen LogP contribution < -0.4 is 5.73 Å². The molecule has 0 heterocycles. The zero-order chi connectivity index (χ0) is 11.1. The van der Waals surface area contributed by atoms with Gasteiger partial charge in [-0.1, -0.05) is 6.07 Å². The van der Waals surface area contributed by atoms with Gasteiger partial charge in [-0.3, -0.25) is 10.1 Å². The fourth-order valence-electron chi connectivity index (χ4n) is 2.02. The normalized spacial score (nSPS) is 18.3. The molecule has 0 aromatic heterocycles. The second kappa shape index (κ2) is 3.31. The first-order valence-electron chi connectivity index (χ1n) is 5.07. The Hall–Kier alpha value is -1.42. The van der Waals surface area contributed by atoms with Crippen molar-refractivity contribution in [2.24, 2.45) is 5.73 Å². The highest BCUT2D eigenvalue weighted by Crippen LogP contribution is 2.39. The Kier molecular flexibility index (Phi) is 2.23. The second-order valence-corrected chi connectivity index (χ2v) is 4.27. The molecule has 0 spiro atoms. The molecule has 1 fully saturated rings. The van der Waals surface area contributed by atoms with E-state index >= 15 is 0 Å². The van der Waals surface area contributed by atoms with E-state index in [4.69, 9.17) is 5.73 Å². The highest BCUT2D eigenvalue weighted by Gasteiger charge is 2.34. The van der Waals surface area contributed by atoms with Crippen LogP contribution >= 0.6 is 0 Å². The average molecular weight is 206 g/mol. The van der Waals surface area contributed by atoms with Crippen molar-refractivity contribution in [3.8, 4) is 0 Å². The summed E-state index contributed by atoms with van der Waals surface area (Å²) >= 11 is 0. The molecular weight excluding hydrogens is 192 g/mol. The lowest BCUT2D eigenvalue weighted by Crippen LogP contribution is -2.43. The summed E-state index contributed by atoms with van der Waals surface area (Å²) in [5.74, 6) is 0. The Morgan fingerprint density at radius 1 is 1.47 bits per heavy atom. The van der Waals surface area contributed by atoms with Gasteiger partial charge in [-0.15, -0.1) is 0 Å². The Labute approximate surface area is 88.2 Å². The van der Waals surface area contributed by atoms with E-state index in [1.54, 1.807) is 19.1 Å². The SMILES string of the molecule is Cc1cc(C2(N)CCC2)ccc1[N+](=O)[O-]. The number of aryl methyl sites for hydroxylation is 1. The Balaban J connectivity index is 2.37. The third-order valence-corrected chi connectivity index (χ3v) is 3.21. The summed E-state index contributed by atoms with van der Waals surface area (Å²) in [6.45, 7) is 1.75. The molecule has 15 heavy (non-hydrogen) atoms. The van der Waals surface area contributed by atoms with Gasteiger partial charge in [0.15, 0.2) is 0 Å². The molecule has 2 N–H and O–H groups in total. The molecule has 1 aliphatic rings. The maximum absolute atomic E-state index is 10.6. The maximum atomic E-state index is 10.6. The summed E-state index contributed by atoms with van der Waals surface area (Å²) in [7, 11) is 0. The first kappa shape index (κ1) is 10.1. The van der Waals surface area contributed by atoms with Gasteiger partial charge in [-0.25, -0.2) is 0 Å². The van der Waals surface area contributed by atoms with Gasteiger partial charge in [0.1, 0.15) is 0 Å². The van der Waals surface area contributed by atoms with Gasteiger partial charge in [0.25, 0.3) is 5.69 Å². The first-order valence-corrected chi connectivity index (χ1v) is 5.07. The van der Waals surface area contributed by atoms with E-state index in [1.165, 1.54) is 0 Å². The van der Waals surface area contributed by atoms with Gasteiger partial charge >= 0.3 is 0 Å². The van der Waals surface area contributed by atoms with Gasteiger partial charge in [-0.05, 0) is 37.8 Å². The van der Waals surface area contributed by atoms with Crippen molar-refractivity contribution in [1.82, 2.24) is 0 Å². The molecule has 4 nitrogen and oxygen atoms in total. The Morgan fingerprint density at radius 3 is 2.53 bits per heavy atom. The van der Waals surface area contributed by atoms with Crippen LogP contribution in [-0.4, -0.2) is 4.92 Å². The van der Waals surface area contributed by atoms with Crippen molar-refractivity contribution in [2.45, 2.75) is 31.7 Å². The van der Waals surface area contributed by atoms with E-state index in [9.17, 15) is 10.1 Å². The minimum absolute atomic E-state index is 0.168. The van der Waals surface area contributed by atoms with E-state index in [2.05, 4.69) is 0 Å². The van der Waals surface area contributed by atoms with Crippen LogP contribution in [0.4, 0.5) is 5.69 Å². The van der Waals surface area contributed by atoms with Gasteiger partial charge in [0, 0.05) is 17.2 Å². The lowest BCUT2D eigenvalue weighted by atomic mass is 9.72. The largest absolute Gasteiger partial charge is 0.321 e. The van der Waals surface area contributed by atoms with Crippen LogP contribution in [0.3, 0.4) is 0 Å². The molecule has 0 bridgehead atoms. The van der Waals surface area contributed by atoms with Gasteiger partial charge in [0.2, 0.25) is 0 Å². The van der Waals surface area contributed by atoms with Crippen LogP contribution in [0.15, 0.2) is 18.2 Å². The van der Waals surface area contributed by atoms with Gasteiger partial charge in [-0.2, -0.15) is 0 Å². The molecule has 0 atom stereocenters. The molecular formula is C11H14N2O2. The number of rotatable bonds is 2. The zero-order valence-electron chi connectivity index (χ0n) is 8.69. The summed E-state index contributed by atoms with van der Waals surface area (Å²) < 4.78 is 0. The molecule has 0 amide bonds. The highest BCUT2D eigenvalue weighted by atomic mass is 16.6. The fraction of sp³-hybridized carbons (Fsp3) is 0.455. The molecule has 0 aliphatic heterocycles. The summed E-state index contributed by atoms with van der Waals surface area (Å²) in [4.78, 5) is 10.3. The predicted octanol–water partition coefficient (Wildman–Crippen LogP) is 2.24. The lowest BCUT2D eigenvalue weighted by molar-refractivity contribution is -0.385. The number of nitro groups is 1. The van der Waals surface area contributed by atoms with Crippen molar-refractivity contribution in [2.75, 3.05) is 0 Å². The fourth-order valence-corrected chi connectivity index (χ4v) is 2.02. The maximum Gasteiger partial charge on any atom is 0.272 e. The number of benzene rings is 1. The molecule has 4 heteroatoms. The highest BCUT2D eigenvalue weighted by molar-refractivity contribution is 5.44. The topological polar surface area (TPSA) is 69.2 Å².